The van der Waals surface area contributed by atoms with Gasteiger partial charge in [0.2, 0.25) is 5.91 Å². The van der Waals surface area contributed by atoms with E-state index in [0.717, 1.165) is 32.0 Å². The van der Waals surface area contributed by atoms with Crippen molar-refractivity contribution in [3.63, 3.8) is 0 Å². The first-order valence-electron chi connectivity index (χ1n) is 6.77. The van der Waals surface area contributed by atoms with E-state index in [1.165, 1.54) is 12.1 Å². The van der Waals surface area contributed by atoms with Gasteiger partial charge in [0, 0.05) is 19.1 Å². The Morgan fingerprint density at radius 1 is 1.38 bits per heavy atom. The smallest absolute Gasteiger partial charge is 0.340 e. The molecular weight excluding hydrogens is 277 g/mol. The molecule has 7 heteroatoms. The summed E-state index contributed by atoms with van der Waals surface area (Å²) >= 11 is 0. The van der Waals surface area contributed by atoms with Gasteiger partial charge in [-0.2, -0.15) is 0 Å². The topological polar surface area (TPSA) is 95.7 Å². The van der Waals surface area contributed by atoms with Crippen LogP contribution in [0.5, 0.6) is 0 Å². The molecule has 114 valence electrons. The number of amides is 1. The minimum Gasteiger partial charge on any atom is -0.478 e. The number of nitrogens with one attached hydrogen (secondary N) is 1. The average Bonchev–Trinajstić information content (AvgIpc) is 2.41. The number of hydrogen-bond donors (Lipinski definition) is 3. The number of anilines is 1. The number of carbonyl (C=O) groups excluding carboxylic acids is 1. The molecule has 0 radical (unpaired) electrons. The number of carboxylic acids is 1. The standard InChI is InChI=1S/C14H18FN3O3/c15-10-2-1-3-11(13(10)14(20)21)17-12(19)8-18-6-4-9(16)5-7-18/h1-3,9H,4-8,16H2,(H,17,19)(H,20,21). The van der Waals surface area contributed by atoms with Gasteiger partial charge >= 0.3 is 5.97 Å². The van der Waals surface area contributed by atoms with E-state index in [4.69, 9.17) is 10.8 Å². The lowest BCUT2D eigenvalue weighted by atomic mass is 10.1. The zero-order chi connectivity index (χ0) is 15.4. The van der Waals surface area contributed by atoms with Crippen LogP contribution in [0.25, 0.3) is 0 Å². The molecule has 1 heterocycles. The number of likely N-dealkylation sites (tertiary alicyclic amines) is 1. The van der Waals surface area contributed by atoms with Crippen molar-refractivity contribution < 1.29 is 19.1 Å². The van der Waals surface area contributed by atoms with Gasteiger partial charge in [-0.15, -0.1) is 0 Å². The molecule has 1 aliphatic heterocycles. The molecule has 1 aliphatic rings. The van der Waals surface area contributed by atoms with E-state index in [-0.39, 0.29) is 24.2 Å². The quantitative estimate of drug-likeness (QED) is 0.766. The predicted octanol–water partition coefficient (Wildman–Crippen LogP) is 0.885. The molecule has 6 nitrogen and oxygen atoms in total. The molecule has 0 bridgehead atoms. The van der Waals surface area contributed by atoms with Crippen molar-refractivity contribution in [3.8, 4) is 0 Å². The van der Waals surface area contributed by atoms with E-state index in [1.54, 1.807) is 0 Å². The highest BCUT2D eigenvalue weighted by molar-refractivity contribution is 6.01. The molecule has 1 saturated heterocycles. The highest BCUT2D eigenvalue weighted by Gasteiger charge is 2.20. The fourth-order valence-electron chi connectivity index (χ4n) is 2.35. The normalized spacial score (nSPS) is 16.7. The number of piperidine rings is 1. The summed E-state index contributed by atoms with van der Waals surface area (Å²) in [4.78, 5) is 24.9. The fourth-order valence-corrected chi connectivity index (χ4v) is 2.35. The van der Waals surface area contributed by atoms with E-state index in [1.807, 2.05) is 4.90 Å². The SMILES string of the molecule is NC1CCN(CC(=O)Nc2cccc(F)c2C(=O)O)CC1. The molecule has 1 aromatic carbocycles. The van der Waals surface area contributed by atoms with Gasteiger partial charge in [0.15, 0.2) is 0 Å². The van der Waals surface area contributed by atoms with E-state index in [2.05, 4.69) is 5.32 Å². The van der Waals surface area contributed by atoms with Gasteiger partial charge in [0.05, 0.1) is 12.2 Å². The minimum absolute atomic E-state index is 0.0267. The van der Waals surface area contributed by atoms with Crippen molar-refractivity contribution in [1.82, 2.24) is 4.90 Å². The summed E-state index contributed by atoms with van der Waals surface area (Å²) in [5, 5.41) is 11.5. The van der Waals surface area contributed by atoms with Crippen molar-refractivity contribution in [2.24, 2.45) is 5.73 Å². The summed E-state index contributed by atoms with van der Waals surface area (Å²) in [7, 11) is 0. The molecular formula is C14H18FN3O3. The van der Waals surface area contributed by atoms with Crippen LogP contribution < -0.4 is 11.1 Å². The molecule has 21 heavy (non-hydrogen) atoms. The molecule has 2 rings (SSSR count). The number of halogens is 1. The summed E-state index contributed by atoms with van der Waals surface area (Å²) in [6.45, 7) is 1.59. The van der Waals surface area contributed by atoms with Crippen molar-refractivity contribution >= 4 is 17.6 Å². The molecule has 0 aliphatic carbocycles. The summed E-state index contributed by atoms with van der Waals surface area (Å²) in [6, 6.07) is 3.95. The Labute approximate surface area is 121 Å². The van der Waals surface area contributed by atoms with Gasteiger partial charge in [0.1, 0.15) is 11.4 Å². The van der Waals surface area contributed by atoms with Crippen LogP contribution in [0.4, 0.5) is 10.1 Å². The molecule has 4 N–H and O–H groups in total. The minimum atomic E-state index is -1.41. The van der Waals surface area contributed by atoms with Crippen molar-refractivity contribution in [3.05, 3.63) is 29.6 Å². The number of nitrogens with zero attached hydrogens (tertiary/aromatic N) is 1. The molecule has 1 aromatic rings. The van der Waals surface area contributed by atoms with Crippen LogP contribution in [0.1, 0.15) is 23.2 Å². The second-order valence-electron chi connectivity index (χ2n) is 5.13. The monoisotopic (exact) mass is 295 g/mol. The summed E-state index contributed by atoms with van der Waals surface area (Å²) in [6.07, 6.45) is 1.65. The Bertz CT molecular complexity index is 542. The summed E-state index contributed by atoms with van der Waals surface area (Å²) < 4.78 is 13.5. The first-order valence-corrected chi connectivity index (χ1v) is 6.77. The van der Waals surface area contributed by atoms with Crippen LogP contribution in [0, 0.1) is 5.82 Å². The number of rotatable bonds is 4. The van der Waals surface area contributed by atoms with Gasteiger partial charge in [-0.25, -0.2) is 9.18 Å². The third-order valence-corrected chi connectivity index (χ3v) is 3.50. The lowest BCUT2D eigenvalue weighted by Crippen LogP contribution is -2.43. The van der Waals surface area contributed by atoms with E-state index in [0.29, 0.717) is 0 Å². The maximum absolute atomic E-state index is 13.5. The van der Waals surface area contributed by atoms with Gasteiger partial charge in [-0.3, -0.25) is 9.69 Å². The lowest BCUT2D eigenvalue weighted by molar-refractivity contribution is -0.117. The summed E-state index contributed by atoms with van der Waals surface area (Å²) in [5.41, 5.74) is 5.24. The first kappa shape index (κ1) is 15.4. The molecule has 0 atom stereocenters. The number of carbonyl (C=O) groups is 2. The third kappa shape index (κ3) is 3.99. The number of hydrogen-bond acceptors (Lipinski definition) is 4. The first-order chi connectivity index (χ1) is 9.97. The van der Waals surface area contributed by atoms with Crippen molar-refractivity contribution in [1.29, 1.82) is 0 Å². The second-order valence-corrected chi connectivity index (χ2v) is 5.13. The maximum Gasteiger partial charge on any atom is 0.340 e. The zero-order valence-corrected chi connectivity index (χ0v) is 11.5. The van der Waals surface area contributed by atoms with Crippen LogP contribution in [0.2, 0.25) is 0 Å². The lowest BCUT2D eigenvalue weighted by Gasteiger charge is -2.29. The van der Waals surface area contributed by atoms with Gasteiger partial charge in [0.25, 0.3) is 0 Å². The average molecular weight is 295 g/mol. The predicted molar refractivity (Wildman–Crippen MR) is 75.6 cm³/mol. The number of carboxylic acid groups (broad SMARTS) is 1. The van der Waals surface area contributed by atoms with Crippen molar-refractivity contribution in [2.45, 2.75) is 18.9 Å². The van der Waals surface area contributed by atoms with E-state index < -0.39 is 17.3 Å². The van der Waals surface area contributed by atoms with Crippen molar-refractivity contribution in [2.75, 3.05) is 25.0 Å². The van der Waals surface area contributed by atoms with E-state index in [9.17, 15) is 14.0 Å². The fraction of sp³-hybridized carbons (Fsp3) is 0.429. The van der Waals surface area contributed by atoms with Crippen LogP contribution in [0.15, 0.2) is 18.2 Å². The second kappa shape index (κ2) is 6.64. The molecule has 0 aromatic heterocycles. The molecule has 1 fully saturated rings. The van der Waals surface area contributed by atoms with Gasteiger partial charge < -0.3 is 16.2 Å². The molecule has 0 saturated carbocycles. The van der Waals surface area contributed by atoms with Crippen LogP contribution in [-0.4, -0.2) is 47.6 Å². The third-order valence-electron chi connectivity index (χ3n) is 3.50. The Morgan fingerprint density at radius 3 is 2.67 bits per heavy atom. The zero-order valence-electron chi connectivity index (χ0n) is 11.5. The van der Waals surface area contributed by atoms with E-state index >= 15 is 0 Å². The molecule has 0 spiro atoms. The van der Waals surface area contributed by atoms with Gasteiger partial charge in [-0.05, 0) is 25.0 Å². The number of aromatic carboxylic acids is 1. The van der Waals surface area contributed by atoms with Gasteiger partial charge in [-0.1, -0.05) is 6.07 Å². The highest BCUT2D eigenvalue weighted by atomic mass is 19.1. The Hall–Kier alpha value is -1.99. The largest absolute Gasteiger partial charge is 0.478 e. The Morgan fingerprint density at radius 2 is 2.05 bits per heavy atom. The molecule has 0 unspecified atom stereocenters. The number of benzene rings is 1. The van der Waals surface area contributed by atoms with Crippen LogP contribution in [-0.2, 0) is 4.79 Å². The highest BCUT2D eigenvalue weighted by Crippen LogP contribution is 2.19. The summed E-state index contributed by atoms with van der Waals surface area (Å²) in [5.74, 6) is -2.64. The molecule has 1 amide bonds. The maximum atomic E-state index is 13.5. The van der Waals surface area contributed by atoms with Crippen LogP contribution >= 0.6 is 0 Å². The Kier molecular flexibility index (Phi) is 4.87. The number of nitrogens with two attached hydrogens (primary N) is 1. The van der Waals surface area contributed by atoms with Crippen LogP contribution in [0.3, 0.4) is 0 Å². The Balaban J connectivity index is 2.00.